The third-order valence-electron chi connectivity index (χ3n) is 4.04. The van der Waals surface area contributed by atoms with Crippen molar-refractivity contribution in [1.29, 1.82) is 5.26 Å². The van der Waals surface area contributed by atoms with Crippen molar-refractivity contribution in [3.63, 3.8) is 0 Å². The lowest BCUT2D eigenvalue weighted by Gasteiger charge is -2.07. The highest BCUT2D eigenvalue weighted by atomic mass is 35.5. The van der Waals surface area contributed by atoms with Crippen LogP contribution in [-0.2, 0) is 16.9 Å². The molecular weight excluding hydrogens is 419 g/mol. The predicted octanol–water partition coefficient (Wildman–Crippen LogP) is 3.41. The molecule has 0 bridgehead atoms. The average molecular weight is 433 g/mol. The number of pyridine rings is 1. The zero-order chi connectivity index (χ0) is 21.3. The van der Waals surface area contributed by atoms with Crippen molar-refractivity contribution in [2.45, 2.75) is 4.90 Å². The lowest BCUT2D eigenvalue weighted by atomic mass is 10.1. The number of benzene rings is 1. The monoisotopic (exact) mass is 432 g/mol. The van der Waals surface area contributed by atoms with E-state index in [1.807, 2.05) is 6.07 Å². The van der Waals surface area contributed by atoms with E-state index in [9.17, 15) is 22.9 Å². The second kappa shape index (κ2) is 7.66. The van der Waals surface area contributed by atoms with Crippen LogP contribution in [0.15, 0.2) is 47.6 Å². The van der Waals surface area contributed by atoms with Gasteiger partial charge in [0.25, 0.3) is 5.91 Å². The molecule has 0 aliphatic heterocycles. The Labute approximate surface area is 171 Å². The lowest BCUT2D eigenvalue weighted by molar-refractivity contribution is 0.102. The molecule has 0 aliphatic rings. The molecule has 0 aliphatic carbocycles. The number of hydrogen-bond donors (Lipinski definition) is 1. The van der Waals surface area contributed by atoms with Gasteiger partial charge in [-0.3, -0.25) is 9.78 Å². The molecule has 29 heavy (non-hydrogen) atoms. The Morgan fingerprint density at radius 2 is 2.00 bits per heavy atom. The summed E-state index contributed by atoms with van der Waals surface area (Å²) in [6.45, 7) is 0. The van der Waals surface area contributed by atoms with Crippen LogP contribution in [-0.4, -0.2) is 30.1 Å². The summed E-state index contributed by atoms with van der Waals surface area (Å²) in [5.41, 5.74) is 1.15. The number of nitrogens with zero attached hydrogens (tertiary/aromatic N) is 3. The average Bonchev–Trinajstić information content (AvgIpc) is 3.02. The van der Waals surface area contributed by atoms with E-state index in [2.05, 4.69) is 10.3 Å². The Bertz CT molecular complexity index is 1280. The molecule has 0 atom stereocenters. The smallest absolute Gasteiger partial charge is 0.257 e. The fourth-order valence-electron chi connectivity index (χ4n) is 2.70. The molecule has 0 saturated carbocycles. The summed E-state index contributed by atoms with van der Waals surface area (Å²) in [6, 6.07) is 8.46. The molecular formula is C19H14ClFN4O3S. The van der Waals surface area contributed by atoms with Gasteiger partial charge in [-0.25, -0.2) is 12.8 Å². The Morgan fingerprint density at radius 3 is 2.66 bits per heavy atom. The number of aromatic nitrogens is 2. The molecule has 0 spiro atoms. The van der Waals surface area contributed by atoms with Gasteiger partial charge in [0.15, 0.2) is 9.84 Å². The minimum atomic E-state index is -3.51. The zero-order valence-corrected chi connectivity index (χ0v) is 16.8. The molecule has 0 unspecified atom stereocenters. The van der Waals surface area contributed by atoms with Crippen molar-refractivity contribution in [3.05, 3.63) is 64.7 Å². The van der Waals surface area contributed by atoms with Gasteiger partial charge in [0.2, 0.25) is 0 Å². The van der Waals surface area contributed by atoms with Crippen LogP contribution in [0.3, 0.4) is 0 Å². The number of sulfone groups is 1. The SMILES string of the molecule is Cn1cc(C(=O)Nc2cc(Cl)cc(S(C)(=O)=O)c2)cc1-c1ncc(F)cc1C#N. The second-order valence-electron chi connectivity index (χ2n) is 6.29. The molecule has 2 aromatic heterocycles. The third-order valence-corrected chi connectivity index (χ3v) is 5.35. The minimum absolute atomic E-state index is 0.0248. The highest BCUT2D eigenvalue weighted by molar-refractivity contribution is 7.90. The van der Waals surface area contributed by atoms with E-state index in [-0.39, 0.29) is 32.4 Å². The number of carbonyl (C=O) groups is 1. The fraction of sp³-hybridized carbons (Fsp3) is 0.105. The molecule has 0 radical (unpaired) electrons. The molecule has 1 N–H and O–H groups in total. The maximum Gasteiger partial charge on any atom is 0.257 e. The van der Waals surface area contributed by atoms with Gasteiger partial charge in [0.05, 0.1) is 27.9 Å². The number of nitriles is 1. The predicted molar refractivity (Wildman–Crippen MR) is 106 cm³/mol. The summed E-state index contributed by atoms with van der Waals surface area (Å²) in [6.07, 6.45) is 3.54. The van der Waals surface area contributed by atoms with Gasteiger partial charge in [-0.2, -0.15) is 5.26 Å². The van der Waals surface area contributed by atoms with E-state index in [1.165, 1.54) is 30.5 Å². The van der Waals surface area contributed by atoms with E-state index >= 15 is 0 Å². The van der Waals surface area contributed by atoms with E-state index in [0.29, 0.717) is 5.69 Å². The fourth-order valence-corrected chi connectivity index (χ4v) is 3.69. The molecule has 0 fully saturated rings. The largest absolute Gasteiger partial charge is 0.348 e. The van der Waals surface area contributed by atoms with Crippen LogP contribution < -0.4 is 5.32 Å². The molecule has 3 aromatic rings. The molecule has 7 nitrogen and oxygen atoms in total. The van der Waals surface area contributed by atoms with Crippen molar-refractivity contribution in [3.8, 4) is 17.5 Å². The molecule has 0 saturated heterocycles. The number of carbonyl (C=O) groups excluding carboxylic acids is 1. The van der Waals surface area contributed by atoms with Gasteiger partial charge in [-0.05, 0) is 30.3 Å². The van der Waals surface area contributed by atoms with Crippen LogP contribution in [0, 0.1) is 17.1 Å². The van der Waals surface area contributed by atoms with Crippen LogP contribution in [0.5, 0.6) is 0 Å². The highest BCUT2D eigenvalue weighted by Crippen LogP contribution is 2.26. The van der Waals surface area contributed by atoms with Crippen molar-refractivity contribution in [2.75, 3.05) is 11.6 Å². The Balaban J connectivity index is 1.94. The molecule has 10 heteroatoms. The Kier molecular flexibility index (Phi) is 5.42. The first-order valence-electron chi connectivity index (χ1n) is 8.13. The maximum atomic E-state index is 13.3. The van der Waals surface area contributed by atoms with Crippen molar-refractivity contribution < 1.29 is 17.6 Å². The quantitative estimate of drug-likeness (QED) is 0.680. The molecule has 148 valence electrons. The second-order valence-corrected chi connectivity index (χ2v) is 8.74. The van der Waals surface area contributed by atoms with Gasteiger partial charge in [-0.15, -0.1) is 0 Å². The Morgan fingerprint density at radius 1 is 1.28 bits per heavy atom. The number of nitrogens with one attached hydrogen (secondary N) is 1. The summed E-state index contributed by atoms with van der Waals surface area (Å²) in [7, 11) is -1.86. The van der Waals surface area contributed by atoms with Crippen molar-refractivity contribution >= 4 is 33.0 Å². The van der Waals surface area contributed by atoms with E-state index < -0.39 is 21.6 Å². The van der Waals surface area contributed by atoms with Crippen molar-refractivity contribution in [2.24, 2.45) is 7.05 Å². The summed E-state index contributed by atoms with van der Waals surface area (Å²) in [4.78, 5) is 16.6. The molecule has 3 rings (SSSR count). The van der Waals surface area contributed by atoms with E-state index in [1.54, 1.807) is 11.6 Å². The number of halogens is 2. The minimum Gasteiger partial charge on any atom is -0.348 e. The first-order valence-corrected chi connectivity index (χ1v) is 10.4. The maximum absolute atomic E-state index is 13.3. The standard InChI is InChI=1S/C19H14ClFN4O3S/c1-25-10-12(4-17(25)18-11(8-22)3-14(21)9-23-18)19(26)24-15-5-13(20)6-16(7-15)29(2,27)28/h3-7,9-10H,1-2H3,(H,24,26). The lowest BCUT2D eigenvalue weighted by Crippen LogP contribution is -2.11. The topological polar surface area (TPSA) is 105 Å². The van der Waals surface area contributed by atoms with Crippen LogP contribution in [0.1, 0.15) is 15.9 Å². The molecule has 1 aromatic carbocycles. The number of hydrogen-bond acceptors (Lipinski definition) is 5. The number of anilines is 1. The molecule has 2 heterocycles. The summed E-state index contributed by atoms with van der Waals surface area (Å²) >= 11 is 5.95. The van der Waals surface area contributed by atoms with Crippen molar-refractivity contribution in [1.82, 2.24) is 9.55 Å². The number of rotatable bonds is 4. The van der Waals surface area contributed by atoms with E-state index in [4.69, 9.17) is 11.6 Å². The van der Waals surface area contributed by atoms with Gasteiger partial charge in [0.1, 0.15) is 17.6 Å². The summed E-state index contributed by atoms with van der Waals surface area (Å²) in [5, 5.41) is 12.0. The normalized spacial score (nSPS) is 11.1. The van der Waals surface area contributed by atoms with Gasteiger partial charge >= 0.3 is 0 Å². The van der Waals surface area contributed by atoms with Gasteiger partial charge < -0.3 is 9.88 Å². The highest BCUT2D eigenvalue weighted by Gasteiger charge is 2.17. The first kappa shape index (κ1) is 20.5. The number of aryl methyl sites for hydroxylation is 1. The van der Waals surface area contributed by atoms with E-state index in [0.717, 1.165) is 18.5 Å². The van der Waals surface area contributed by atoms with Gasteiger partial charge in [-0.1, -0.05) is 11.6 Å². The molecule has 1 amide bonds. The Hall–Kier alpha value is -3.22. The van der Waals surface area contributed by atoms with Crippen LogP contribution in [0.4, 0.5) is 10.1 Å². The third kappa shape index (κ3) is 4.45. The zero-order valence-electron chi connectivity index (χ0n) is 15.3. The first-order chi connectivity index (χ1) is 13.6. The van der Waals surface area contributed by atoms with Gasteiger partial charge in [0, 0.05) is 30.2 Å². The van der Waals surface area contributed by atoms with Crippen LogP contribution >= 0.6 is 11.6 Å². The van der Waals surface area contributed by atoms with Crippen LogP contribution in [0.25, 0.3) is 11.4 Å². The van der Waals surface area contributed by atoms with Crippen LogP contribution in [0.2, 0.25) is 5.02 Å². The summed E-state index contributed by atoms with van der Waals surface area (Å²) < 4.78 is 38.4. The number of amides is 1. The summed E-state index contributed by atoms with van der Waals surface area (Å²) in [5.74, 6) is -1.16.